The Balaban J connectivity index is 2.09. The summed E-state index contributed by atoms with van der Waals surface area (Å²) >= 11 is 0. The average Bonchev–Trinajstić information content (AvgIpc) is 2.71. The van der Waals surface area contributed by atoms with Crippen LogP contribution in [0.2, 0.25) is 0 Å². The minimum absolute atomic E-state index is 0.0301. The summed E-state index contributed by atoms with van der Waals surface area (Å²) in [6, 6.07) is 13.0. The second-order valence-corrected chi connectivity index (χ2v) is 8.70. The fraction of sp³-hybridized carbons (Fsp3) is 0.381. The molecule has 0 bridgehead atoms. The van der Waals surface area contributed by atoms with Gasteiger partial charge in [-0.3, -0.25) is 9.10 Å². The Morgan fingerprint density at radius 3 is 2.19 bits per heavy atom. The zero-order chi connectivity index (χ0) is 20.0. The van der Waals surface area contributed by atoms with Crippen LogP contribution in [-0.2, 0) is 29.4 Å². The van der Waals surface area contributed by atoms with Gasteiger partial charge in [-0.1, -0.05) is 32.0 Å². The van der Waals surface area contributed by atoms with Gasteiger partial charge in [-0.05, 0) is 60.7 Å². The van der Waals surface area contributed by atoms with Crippen molar-refractivity contribution in [2.24, 2.45) is 0 Å². The molecule has 0 radical (unpaired) electrons. The van der Waals surface area contributed by atoms with Gasteiger partial charge >= 0.3 is 0 Å². The Kier molecular flexibility index (Phi) is 7.02. The van der Waals surface area contributed by atoms with Gasteiger partial charge in [-0.15, -0.1) is 0 Å². The van der Waals surface area contributed by atoms with Crippen molar-refractivity contribution in [3.63, 3.8) is 0 Å². The maximum Gasteiger partial charge on any atom is 0.251 e. The lowest BCUT2D eigenvalue weighted by Crippen LogP contribution is -2.28. The Hall–Kier alpha value is -2.34. The highest BCUT2D eigenvalue weighted by molar-refractivity contribution is 7.92. The van der Waals surface area contributed by atoms with Crippen LogP contribution < -0.4 is 9.62 Å². The van der Waals surface area contributed by atoms with Gasteiger partial charge in [0.25, 0.3) is 5.91 Å². The summed E-state index contributed by atoms with van der Waals surface area (Å²) in [4.78, 5) is 12.5. The molecule has 2 aromatic rings. The van der Waals surface area contributed by atoms with Crippen LogP contribution in [0.15, 0.2) is 42.5 Å². The van der Waals surface area contributed by atoms with Crippen molar-refractivity contribution >= 4 is 21.6 Å². The van der Waals surface area contributed by atoms with Crippen LogP contribution in [-0.4, -0.2) is 27.1 Å². The summed E-state index contributed by atoms with van der Waals surface area (Å²) in [6.45, 7) is 6.29. The summed E-state index contributed by atoms with van der Waals surface area (Å²) in [5.41, 5.74) is 4.66. The van der Waals surface area contributed by atoms with Crippen molar-refractivity contribution in [2.45, 2.75) is 40.2 Å². The smallest absolute Gasteiger partial charge is 0.251 e. The Labute approximate surface area is 162 Å². The number of carbonyl (C=O) groups is 1. The number of rotatable bonds is 8. The number of aryl methyl sites for hydroxylation is 2. The van der Waals surface area contributed by atoms with E-state index in [0.29, 0.717) is 17.8 Å². The van der Waals surface area contributed by atoms with E-state index in [1.807, 2.05) is 0 Å². The minimum atomic E-state index is -3.31. The lowest BCUT2D eigenvalue weighted by atomic mass is 10.0. The molecule has 27 heavy (non-hydrogen) atoms. The number of nitrogens with one attached hydrogen (secondary N) is 1. The molecule has 6 heteroatoms. The summed E-state index contributed by atoms with van der Waals surface area (Å²) in [6.07, 6.45) is 1.88. The van der Waals surface area contributed by atoms with Crippen LogP contribution in [0.1, 0.15) is 47.8 Å². The van der Waals surface area contributed by atoms with Crippen LogP contribution in [0, 0.1) is 0 Å². The van der Waals surface area contributed by atoms with E-state index in [0.717, 1.165) is 18.4 Å². The fourth-order valence-corrected chi connectivity index (χ4v) is 3.69. The predicted octanol–water partition coefficient (Wildman–Crippen LogP) is 3.53. The molecule has 2 aromatic carbocycles. The normalized spacial score (nSPS) is 11.3. The van der Waals surface area contributed by atoms with Gasteiger partial charge in [0, 0.05) is 19.2 Å². The molecule has 5 nitrogen and oxygen atoms in total. The number of benzene rings is 2. The van der Waals surface area contributed by atoms with Crippen molar-refractivity contribution in [1.29, 1.82) is 0 Å². The minimum Gasteiger partial charge on any atom is -0.348 e. The summed E-state index contributed by atoms with van der Waals surface area (Å²) in [5.74, 6) is -0.144. The Morgan fingerprint density at radius 2 is 1.63 bits per heavy atom. The van der Waals surface area contributed by atoms with E-state index in [1.165, 1.54) is 22.5 Å². The first-order valence-electron chi connectivity index (χ1n) is 9.27. The number of nitrogens with zero attached hydrogens (tertiary/aromatic N) is 1. The Morgan fingerprint density at radius 1 is 0.963 bits per heavy atom. The van der Waals surface area contributed by atoms with Gasteiger partial charge in [-0.2, -0.15) is 0 Å². The molecule has 0 saturated heterocycles. The molecular weight excluding hydrogens is 360 g/mol. The van der Waals surface area contributed by atoms with Gasteiger partial charge in [-0.25, -0.2) is 8.42 Å². The van der Waals surface area contributed by atoms with Crippen molar-refractivity contribution in [3.8, 4) is 0 Å². The molecule has 0 heterocycles. The molecule has 0 atom stereocenters. The van der Waals surface area contributed by atoms with Crippen molar-refractivity contribution in [1.82, 2.24) is 5.32 Å². The van der Waals surface area contributed by atoms with Crippen molar-refractivity contribution < 1.29 is 13.2 Å². The lowest BCUT2D eigenvalue weighted by molar-refractivity contribution is 0.0951. The molecule has 0 aliphatic heterocycles. The highest BCUT2D eigenvalue weighted by Gasteiger charge is 2.16. The first-order chi connectivity index (χ1) is 12.8. The first kappa shape index (κ1) is 21.0. The molecule has 0 unspecified atom stereocenters. The van der Waals surface area contributed by atoms with Crippen LogP contribution in [0.4, 0.5) is 5.69 Å². The van der Waals surface area contributed by atoms with Gasteiger partial charge in [0.15, 0.2) is 0 Å². The summed E-state index contributed by atoms with van der Waals surface area (Å²) < 4.78 is 25.1. The maximum absolute atomic E-state index is 12.5. The van der Waals surface area contributed by atoms with Gasteiger partial charge in [0.1, 0.15) is 0 Å². The van der Waals surface area contributed by atoms with E-state index in [1.54, 1.807) is 31.2 Å². The molecule has 0 aromatic heterocycles. The van der Waals surface area contributed by atoms with Gasteiger partial charge < -0.3 is 5.32 Å². The van der Waals surface area contributed by atoms with E-state index in [2.05, 4.69) is 37.4 Å². The zero-order valence-corrected chi connectivity index (χ0v) is 17.3. The van der Waals surface area contributed by atoms with E-state index >= 15 is 0 Å². The largest absolute Gasteiger partial charge is 0.348 e. The first-order valence-corrected chi connectivity index (χ1v) is 10.9. The average molecular weight is 389 g/mol. The third-order valence-electron chi connectivity index (χ3n) is 4.77. The molecule has 146 valence electrons. The second-order valence-electron chi connectivity index (χ2n) is 6.41. The topological polar surface area (TPSA) is 66.5 Å². The van der Waals surface area contributed by atoms with E-state index < -0.39 is 10.0 Å². The summed E-state index contributed by atoms with van der Waals surface area (Å²) in [7, 11) is -1.80. The monoisotopic (exact) mass is 388 g/mol. The number of anilines is 1. The number of carbonyl (C=O) groups excluding carboxylic acids is 1. The number of sulfonamides is 1. The quantitative estimate of drug-likeness (QED) is 0.752. The van der Waals surface area contributed by atoms with E-state index in [9.17, 15) is 13.2 Å². The number of hydrogen-bond acceptors (Lipinski definition) is 3. The third-order valence-corrected chi connectivity index (χ3v) is 6.55. The van der Waals surface area contributed by atoms with Crippen LogP contribution in [0.3, 0.4) is 0 Å². The number of hydrogen-bond donors (Lipinski definition) is 1. The van der Waals surface area contributed by atoms with Crippen molar-refractivity contribution in [3.05, 3.63) is 64.7 Å². The maximum atomic E-state index is 12.5. The van der Waals surface area contributed by atoms with Gasteiger partial charge in [0.05, 0.1) is 11.4 Å². The molecule has 1 N–H and O–H groups in total. The molecule has 1 amide bonds. The second kappa shape index (κ2) is 9.04. The Bertz CT molecular complexity index is 890. The molecule has 0 spiro atoms. The van der Waals surface area contributed by atoms with Crippen LogP contribution in [0.25, 0.3) is 0 Å². The summed E-state index contributed by atoms with van der Waals surface area (Å²) in [5, 5.41) is 2.96. The lowest BCUT2D eigenvalue weighted by Gasteiger charge is -2.18. The third kappa shape index (κ3) is 5.10. The number of amides is 1. The van der Waals surface area contributed by atoms with Crippen LogP contribution in [0.5, 0.6) is 0 Å². The molecular formula is C21H28N2O3S. The molecule has 0 aliphatic carbocycles. The van der Waals surface area contributed by atoms with Gasteiger partial charge in [0.2, 0.25) is 10.0 Å². The van der Waals surface area contributed by atoms with Crippen molar-refractivity contribution in [2.75, 3.05) is 17.1 Å². The molecule has 0 fully saturated rings. The van der Waals surface area contributed by atoms with E-state index in [-0.39, 0.29) is 11.7 Å². The van der Waals surface area contributed by atoms with E-state index in [4.69, 9.17) is 0 Å². The highest BCUT2D eigenvalue weighted by Crippen LogP contribution is 2.18. The fourth-order valence-electron chi connectivity index (χ4n) is 2.86. The molecule has 0 aliphatic rings. The zero-order valence-electron chi connectivity index (χ0n) is 16.5. The predicted molar refractivity (Wildman–Crippen MR) is 111 cm³/mol. The molecule has 0 saturated carbocycles. The molecule has 2 rings (SSSR count). The van der Waals surface area contributed by atoms with Crippen LogP contribution >= 0.6 is 0 Å². The standard InChI is InChI=1S/C21H28N2O3S/c1-5-16-8-9-17(6-2)19(14-16)15-22-21(24)18-10-12-20(13-11-18)23(4)27(25,26)7-3/h8-14H,5-7,15H2,1-4H3,(H,22,24). The SMILES string of the molecule is CCc1ccc(CC)c(CNC(=O)c2ccc(N(C)S(=O)(=O)CC)cc2)c1. The highest BCUT2D eigenvalue weighted by atomic mass is 32.2.